The lowest BCUT2D eigenvalue weighted by Gasteiger charge is -2.36. The molecule has 0 bridgehead atoms. The zero-order valence-corrected chi connectivity index (χ0v) is 21.4. The molecule has 0 aliphatic carbocycles. The van der Waals surface area contributed by atoms with E-state index in [0.717, 1.165) is 16.7 Å². The van der Waals surface area contributed by atoms with E-state index in [1.165, 1.54) is 16.7 Å². The van der Waals surface area contributed by atoms with Crippen LogP contribution >= 0.6 is 11.8 Å². The minimum Gasteiger partial charge on any atom is -0.480 e. The lowest BCUT2D eigenvalue weighted by molar-refractivity contribution is -0.144. The van der Waals surface area contributed by atoms with Gasteiger partial charge in [0, 0.05) is 30.1 Å². The van der Waals surface area contributed by atoms with Crippen LogP contribution in [-0.4, -0.2) is 128 Å². The molecule has 0 spiro atoms. The third-order valence-electron chi connectivity index (χ3n) is 5.40. The van der Waals surface area contributed by atoms with Crippen LogP contribution in [0.1, 0.15) is 12.5 Å². The fraction of sp³-hybridized carbons (Fsp3) is 0.478. The van der Waals surface area contributed by atoms with Crippen LogP contribution in [0.15, 0.2) is 29.2 Å². The number of carboxylic acid groups (broad SMARTS) is 5. The summed E-state index contributed by atoms with van der Waals surface area (Å²) in [5, 5.41) is 57.3. The molecule has 0 heterocycles. The van der Waals surface area contributed by atoms with Gasteiger partial charge in [-0.15, -0.1) is 0 Å². The highest BCUT2D eigenvalue weighted by molar-refractivity contribution is 8.03. The normalized spacial score (nSPS) is 12.7. The maximum Gasteiger partial charge on any atom is 0.317 e. The van der Waals surface area contributed by atoms with Gasteiger partial charge in [0.2, 0.25) is 0 Å². The van der Waals surface area contributed by atoms with Gasteiger partial charge in [-0.1, -0.05) is 12.1 Å². The number of rotatable bonds is 19. The van der Waals surface area contributed by atoms with Crippen LogP contribution in [0.5, 0.6) is 0 Å². The quantitative estimate of drug-likeness (QED) is 0.111. The number of carbonyl (C=O) groups is 5. The minimum absolute atomic E-state index is 0.0882. The van der Waals surface area contributed by atoms with Crippen molar-refractivity contribution in [3.63, 3.8) is 0 Å². The summed E-state index contributed by atoms with van der Waals surface area (Å²) in [5.41, 5.74) is 0.680. The molecule has 0 aliphatic heterocycles. The van der Waals surface area contributed by atoms with Gasteiger partial charge in [0.15, 0.2) is 0 Å². The second-order valence-corrected chi connectivity index (χ2v) is 9.38. The molecule has 0 aromatic heterocycles. The summed E-state index contributed by atoms with van der Waals surface area (Å²) in [6.07, 6.45) is 0.135. The lowest BCUT2D eigenvalue weighted by Crippen LogP contribution is -2.53. The first-order valence-electron chi connectivity index (χ1n) is 11.2. The number of nitriles is 1. The lowest BCUT2D eigenvalue weighted by atomic mass is 10.0. The van der Waals surface area contributed by atoms with E-state index in [9.17, 15) is 39.3 Å². The van der Waals surface area contributed by atoms with E-state index in [1.54, 1.807) is 24.3 Å². The highest BCUT2D eigenvalue weighted by atomic mass is 32.2. The van der Waals surface area contributed by atoms with Gasteiger partial charge in [0.05, 0.1) is 32.7 Å². The van der Waals surface area contributed by atoms with E-state index >= 15 is 0 Å². The Kier molecular flexibility index (Phi) is 13.8. The van der Waals surface area contributed by atoms with Crippen molar-refractivity contribution in [3.8, 4) is 5.40 Å². The molecule has 14 nitrogen and oxygen atoms in total. The third kappa shape index (κ3) is 13.0. The number of thioether (sulfide) groups is 1. The van der Waals surface area contributed by atoms with Gasteiger partial charge in [-0.3, -0.25) is 38.7 Å². The smallest absolute Gasteiger partial charge is 0.317 e. The maximum atomic E-state index is 11.6. The molecule has 208 valence electrons. The fourth-order valence-electron chi connectivity index (χ4n) is 3.89. The van der Waals surface area contributed by atoms with Crippen LogP contribution < -0.4 is 0 Å². The van der Waals surface area contributed by atoms with E-state index in [-0.39, 0.29) is 19.5 Å². The minimum atomic E-state index is -1.29. The van der Waals surface area contributed by atoms with Crippen LogP contribution in [0.4, 0.5) is 0 Å². The summed E-state index contributed by atoms with van der Waals surface area (Å²) in [7, 11) is 0. The largest absolute Gasteiger partial charge is 0.480 e. The standard InChI is InChI=1S/C23H30N4O10S/c1-15(26(10-20(30)31)11-21(32)33)7-25(9-19(28)29)8-17(27(12-22(34)35)13-23(36)37)6-16-2-4-18(5-3-16)38-14-24/h2-5,15,17H,6-13H2,1H3,(H,28,29)(H,30,31)(H,32,33)(H,34,35)(H,36,37)/t15-,17?/m1/s1. The van der Waals surface area contributed by atoms with Crippen molar-refractivity contribution in [1.29, 1.82) is 5.26 Å². The first-order valence-corrected chi connectivity index (χ1v) is 12.1. The number of hydrogen-bond acceptors (Lipinski definition) is 10. The molecule has 5 N–H and O–H groups in total. The number of thiocyanates is 1. The average molecular weight is 555 g/mol. The Morgan fingerprint density at radius 1 is 0.763 bits per heavy atom. The zero-order valence-electron chi connectivity index (χ0n) is 20.6. The van der Waals surface area contributed by atoms with Gasteiger partial charge in [-0.25, -0.2) is 0 Å². The molecule has 1 aromatic carbocycles. The molecule has 2 atom stereocenters. The average Bonchev–Trinajstić information content (AvgIpc) is 2.77. The summed E-state index contributed by atoms with van der Waals surface area (Å²) >= 11 is 0.939. The zero-order chi connectivity index (χ0) is 28.8. The molecule has 38 heavy (non-hydrogen) atoms. The summed E-state index contributed by atoms with van der Waals surface area (Å²) in [5.74, 6) is -6.35. The van der Waals surface area contributed by atoms with Crippen molar-refractivity contribution >= 4 is 41.6 Å². The van der Waals surface area contributed by atoms with Crippen molar-refractivity contribution in [1.82, 2.24) is 14.7 Å². The molecular formula is C23H30N4O10S. The van der Waals surface area contributed by atoms with Crippen LogP contribution in [0.25, 0.3) is 0 Å². The van der Waals surface area contributed by atoms with Gasteiger partial charge in [-0.05, 0) is 42.8 Å². The third-order valence-corrected chi connectivity index (χ3v) is 6.00. The Hall–Kier alpha value is -3.71. The van der Waals surface area contributed by atoms with Crippen molar-refractivity contribution in [2.75, 3.05) is 45.8 Å². The molecule has 0 saturated heterocycles. The fourth-order valence-corrected chi connectivity index (χ4v) is 4.26. The molecule has 0 fully saturated rings. The van der Waals surface area contributed by atoms with Crippen molar-refractivity contribution < 1.29 is 49.5 Å². The molecular weight excluding hydrogens is 524 g/mol. The summed E-state index contributed by atoms with van der Waals surface area (Å²) < 4.78 is 0. The first-order chi connectivity index (χ1) is 17.8. The number of benzene rings is 1. The molecule has 15 heteroatoms. The van der Waals surface area contributed by atoms with Crippen LogP contribution in [-0.2, 0) is 30.4 Å². The van der Waals surface area contributed by atoms with E-state index in [2.05, 4.69) is 0 Å². The number of aliphatic carboxylic acids is 5. The van der Waals surface area contributed by atoms with Gasteiger partial charge in [0.25, 0.3) is 0 Å². The van der Waals surface area contributed by atoms with Crippen LogP contribution in [0, 0.1) is 10.7 Å². The molecule has 0 saturated carbocycles. The van der Waals surface area contributed by atoms with Gasteiger partial charge in [-0.2, -0.15) is 5.26 Å². The Balaban J connectivity index is 3.31. The second-order valence-electron chi connectivity index (χ2n) is 8.52. The predicted octanol–water partition coefficient (Wildman–Crippen LogP) is -0.112. The molecule has 1 aromatic rings. The number of nitrogens with zero attached hydrogens (tertiary/aromatic N) is 4. The van der Waals surface area contributed by atoms with Crippen molar-refractivity contribution in [2.24, 2.45) is 0 Å². The number of carboxylic acids is 5. The van der Waals surface area contributed by atoms with E-state index in [1.807, 2.05) is 5.40 Å². The molecule has 1 unspecified atom stereocenters. The second kappa shape index (κ2) is 16.2. The Morgan fingerprint density at radius 2 is 1.21 bits per heavy atom. The van der Waals surface area contributed by atoms with Gasteiger partial charge < -0.3 is 25.5 Å². The molecule has 0 radical (unpaired) electrons. The Bertz CT molecular complexity index is 998. The van der Waals surface area contributed by atoms with Crippen LogP contribution in [0.2, 0.25) is 0 Å². The molecule has 1 rings (SSSR count). The van der Waals surface area contributed by atoms with E-state index in [4.69, 9.17) is 15.5 Å². The maximum absolute atomic E-state index is 11.6. The topological polar surface area (TPSA) is 220 Å². The molecule has 0 aliphatic rings. The summed E-state index contributed by atoms with van der Waals surface area (Å²) in [6.45, 7) is -1.69. The van der Waals surface area contributed by atoms with Gasteiger partial charge in [0.1, 0.15) is 5.40 Å². The summed E-state index contributed by atoms with van der Waals surface area (Å²) in [4.78, 5) is 61.5. The highest BCUT2D eigenvalue weighted by Crippen LogP contribution is 2.19. The van der Waals surface area contributed by atoms with Crippen molar-refractivity contribution in [2.45, 2.75) is 30.3 Å². The highest BCUT2D eigenvalue weighted by Gasteiger charge is 2.29. The predicted molar refractivity (Wildman–Crippen MR) is 133 cm³/mol. The monoisotopic (exact) mass is 554 g/mol. The van der Waals surface area contributed by atoms with Crippen molar-refractivity contribution in [3.05, 3.63) is 29.8 Å². The Morgan fingerprint density at radius 3 is 1.63 bits per heavy atom. The number of hydrogen-bond donors (Lipinski definition) is 5. The van der Waals surface area contributed by atoms with Crippen LogP contribution in [0.3, 0.4) is 0 Å². The first kappa shape index (κ1) is 32.3. The molecule has 0 amide bonds. The Labute approximate surface area is 222 Å². The summed E-state index contributed by atoms with van der Waals surface area (Å²) in [6, 6.07) is 5.21. The van der Waals surface area contributed by atoms with E-state index < -0.39 is 74.7 Å². The van der Waals surface area contributed by atoms with E-state index in [0.29, 0.717) is 10.5 Å². The van der Waals surface area contributed by atoms with Gasteiger partial charge >= 0.3 is 29.8 Å². The SMILES string of the molecule is C[C@H](CN(CC(=O)O)CC(Cc1ccc(SC#N)cc1)N(CC(=O)O)CC(=O)O)N(CC(=O)O)CC(=O)O.